The molecule has 1 aliphatic rings. The molecular weight excluding hydrogens is 611 g/mol. The first-order valence-corrected chi connectivity index (χ1v) is 14.2. The van der Waals surface area contributed by atoms with E-state index in [-0.39, 0.29) is 6.42 Å². The summed E-state index contributed by atoms with van der Waals surface area (Å²) in [5, 5.41) is 10.4. The highest BCUT2D eigenvalue weighted by atomic mass is 35.5. The van der Waals surface area contributed by atoms with Crippen LogP contribution < -0.4 is 26.8 Å². The second kappa shape index (κ2) is 12.3. The first kappa shape index (κ1) is 28.5. The highest BCUT2D eigenvalue weighted by Gasteiger charge is 2.24. The Kier molecular flexibility index (Phi) is 8.17. The predicted molar refractivity (Wildman–Crippen MR) is 168 cm³/mol. The van der Waals surface area contributed by atoms with Crippen LogP contribution in [0.1, 0.15) is 11.6 Å². The number of aromatic nitrogens is 4. The normalized spacial score (nSPS) is 13.4. The van der Waals surface area contributed by atoms with Crippen LogP contribution in [-0.2, 0) is 11.2 Å². The van der Waals surface area contributed by atoms with Gasteiger partial charge in [0.1, 0.15) is 11.2 Å². The van der Waals surface area contributed by atoms with Crippen molar-refractivity contribution in [2.75, 3.05) is 10.3 Å². The number of hydrogen-bond donors (Lipinski definition) is 3. The average Bonchev–Trinajstić information content (AvgIpc) is 3.66. The number of hydrazine groups is 2. The minimum Gasteiger partial charge on any atom is -0.322 e. The van der Waals surface area contributed by atoms with Crippen LogP contribution in [0, 0.1) is 0 Å². The highest BCUT2D eigenvalue weighted by molar-refractivity contribution is 6.31. The van der Waals surface area contributed by atoms with Gasteiger partial charge in [-0.2, -0.15) is 5.10 Å². The Morgan fingerprint density at radius 2 is 1.72 bits per heavy atom. The van der Waals surface area contributed by atoms with Gasteiger partial charge in [-0.25, -0.2) is 9.67 Å². The van der Waals surface area contributed by atoms with E-state index in [2.05, 4.69) is 26.4 Å². The molecule has 0 unspecified atom stereocenters. The van der Waals surface area contributed by atoms with Crippen molar-refractivity contribution in [2.24, 2.45) is 0 Å². The van der Waals surface area contributed by atoms with Crippen LogP contribution in [0.15, 0.2) is 114 Å². The molecule has 0 fully saturated rings. The van der Waals surface area contributed by atoms with Gasteiger partial charge in [0.25, 0.3) is 5.56 Å². The fourth-order valence-electron chi connectivity index (χ4n) is 4.64. The van der Waals surface area contributed by atoms with Crippen molar-refractivity contribution < 1.29 is 4.79 Å². The molecule has 3 aromatic carbocycles. The van der Waals surface area contributed by atoms with Crippen LogP contribution in [0.5, 0.6) is 0 Å². The van der Waals surface area contributed by atoms with E-state index in [0.29, 0.717) is 37.8 Å². The molecule has 10 nitrogen and oxygen atoms in total. The molecule has 5 aromatic rings. The predicted octanol–water partition coefficient (Wildman–Crippen LogP) is 5.69. The maximum atomic E-state index is 13.7. The largest absolute Gasteiger partial charge is 0.322 e. The van der Waals surface area contributed by atoms with E-state index in [1.54, 1.807) is 58.6 Å². The van der Waals surface area contributed by atoms with Crippen molar-refractivity contribution in [3.8, 4) is 16.9 Å². The van der Waals surface area contributed by atoms with E-state index in [4.69, 9.17) is 34.8 Å². The standard InChI is InChI=1S/C30H23Cl3N8O2/c31-20-6-9-23(10-7-20)40-16-22(15-35-40)36-30(43)27(12-19-4-2-1-3-5-19)39-18-34-25(14-29(39)42)24-13-21(32)8-11-26(24)41-17-28(33)37-38-41/h1-11,13-18,27,37-38H,12H2,(H,36,43)/t27-/m0/s1. The fourth-order valence-corrected chi connectivity index (χ4v) is 5.08. The zero-order valence-corrected chi connectivity index (χ0v) is 24.6. The smallest absolute Gasteiger partial charge is 0.254 e. The van der Waals surface area contributed by atoms with Gasteiger partial charge in [-0.15, -0.1) is 5.53 Å². The lowest BCUT2D eigenvalue weighted by atomic mass is 10.0. The Hall–Kier alpha value is -4.61. The molecule has 1 atom stereocenters. The molecule has 6 rings (SSSR count). The van der Waals surface area contributed by atoms with Crippen molar-refractivity contribution in [1.82, 2.24) is 30.3 Å². The monoisotopic (exact) mass is 632 g/mol. The number of carbonyl (C=O) groups excluding carboxylic acids is 1. The van der Waals surface area contributed by atoms with E-state index in [1.807, 2.05) is 42.5 Å². The molecule has 1 aliphatic heterocycles. The number of benzene rings is 3. The molecule has 13 heteroatoms. The quantitative estimate of drug-likeness (QED) is 0.188. The number of nitrogens with zero attached hydrogens (tertiary/aromatic N) is 5. The molecule has 216 valence electrons. The van der Waals surface area contributed by atoms with Gasteiger partial charge in [0, 0.05) is 28.1 Å². The van der Waals surface area contributed by atoms with Crippen LogP contribution in [0.2, 0.25) is 10.0 Å². The summed E-state index contributed by atoms with van der Waals surface area (Å²) >= 11 is 18.4. The summed E-state index contributed by atoms with van der Waals surface area (Å²) < 4.78 is 2.95. The topological polar surface area (TPSA) is 109 Å². The van der Waals surface area contributed by atoms with E-state index >= 15 is 0 Å². The van der Waals surface area contributed by atoms with Gasteiger partial charge < -0.3 is 5.32 Å². The third-order valence-corrected chi connectivity index (χ3v) is 7.40. The first-order chi connectivity index (χ1) is 20.8. The summed E-state index contributed by atoms with van der Waals surface area (Å²) in [4.78, 5) is 31.9. The summed E-state index contributed by atoms with van der Waals surface area (Å²) in [6, 6.07) is 22.3. The van der Waals surface area contributed by atoms with Gasteiger partial charge in [-0.1, -0.05) is 65.1 Å². The van der Waals surface area contributed by atoms with Gasteiger partial charge in [-0.3, -0.25) is 24.6 Å². The van der Waals surface area contributed by atoms with Gasteiger partial charge in [0.05, 0.1) is 47.7 Å². The molecule has 1 amide bonds. The molecule has 0 bridgehead atoms. The fraction of sp³-hybridized carbons (Fsp3) is 0.0667. The number of rotatable bonds is 8. The second-order valence-corrected chi connectivity index (χ2v) is 10.9. The number of nitrogens with one attached hydrogen (secondary N) is 3. The minimum absolute atomic E-state index is 0.258. The minimum atomic E-state index is -0.902. The first-order valence-electron chi connectivity index (χ1n) is 13.1. The average molecular weight is 634 g/mol. The maximum Gasteiger partial charge on any atom is 0.254 e. The van der Waals surface area contributed by atoms with Gasteiger partial charge in [-0.05, 0) is 48.0 Å². The summed E-state index contributed by atoms with van der Waals surface area (Å²) in [5.74, 6) is -0.397. The van der Waals surface area contributed by atoms with Crippen LogP contribution in [0.4, 0.5) is 11.4 Å². The zero-order valence-electron chi connectivity index (χ0n) is 22.3. The third kappa shape index (κ3) is 6.42. The molecular formula is C30H23Cl3N8O2. The third-order valence-electron chi connectivity index (χ3n) is 6.72. The number of amides is 1. The van der Waals surface area contributed by atoms with Crippen molar-refractivity contribution in [2.45, 2.75) is 12.5 Å². The van der Waals surface area contributed by atoms with Crippen LogP contribution >= 0.6 is 34.8 Å². The molecule has 0 saturated heterocycles. The van der Waals surface area contributed by atoms with Gasteiger partial charge in [0.15, 0.2) is 0 Å². The molecule has 3 heterocycles. The van der Waals surface area contributed by atoms with Gasteiger partial charge >= 0.3 is 0 Å². The molecule has 0 spiro atoms. The van der Waals surface area contributed by atoms with Gasteiger partial charge in [0.2, 0.25) is 5.91 Å². The number of carbonyl (C=O) groups is 1. The highest BCUT2D eigenvalue weighted by Crippen LogP contribution is 2.32. The van der Waals surface area contributed by atoms with E-state index in [0.717, 1.165) is 11.3 Å². The molecule has 2 aromatic heterocycles. The van der Waals surface area contributed by atoms with Crippen molar-refractivity contribution in [1.29, 1.82) is 0 Å². The van der Waals surface area contributed by atoms with E-state index < -0.39 is 17.5 Å². The summed E-state index contributed by atoms with van der Waals surface area (Å²) in [6.07, 6.45) is 6.51. The maximum absolute atomic E-state index is 13.7. The molecule has 0 aliphatic carbocycles. The lowest BCUT2D eigenvalue weighted by Gasteiger charge is -2.21. The van der Waals surface area contributed by atoms with Crippen molar-refractivity contribution in [3.63, 3.8) is 0 Å². The number of anilines is 2. The summed E-state index contributed by atoms with van der Waals surface area (Å²) in [7, 11) is 0. The lowest BCUT2D eigenvalue weighted by molar-refractivity contribution is -0.119. The Balaban J connectivity index is 1.32. The summed E-state index contributed by atoms with van der Waals surface area (Å²) in [5.41, 5.74) is 9.05. The Bertz CT molecular complexity index is 1870. The zero-order chi connectivity index (χ0) is 29.9. The van der Waals surface area contributed by atoms with Crippen molar-refractivity contribution >= 4 is 52.1 Å². The molecule has 3 N–H and O–H groups in total. The lowest BCUT2D eigenvalue weighted by Crippen LogP contribution is -2.36. The summed E-state index contributed by atoms with van der Waals surface area (Å²) in [6.45, 7) is 0. The van der Waals surface area contributed by atoms with E-state index in [9.17, 15) is 9.59 Å². The second-order valence-electron chi connectivity index (χ2n) is 9.61. The van der Waals surface area contributed by atoms with Crippen LogP contribution in [0.25, 0.3) is 16.9 Å². The van der Waals surface area contributed by atoms with Crippen molar-refractivity contribution in [3.05, 3.63) is 135 Å². The van der Waals surface area contributed by atoms with Crippen LogP contribution in [0.3, 0.4) is 0 Å². The Labute approximate surface area is 261 Å². The molecule has 0 radical (unpaired) electrons. The van der Waals surface area contributed by atoms with E-state index in [1.165, 1.54) is 17.0 Å². The molecule has 43 heavy (non-hydrogen) atoms. The number of hydrogen-bond acceptors (Lipinski definition) is 7. The van der Waals surface area contributed by atoms with Crippen LogP contribution in [-0.4, -0.2) is 25.2 Å². The Morgan fingerprint density at radius 3 is 2.44 bits per heavy atom. The Morgan fingerprint density at radius 1 is 0.953 bits per heavy atom. The number of halogens is 3. The molecule has 0 saturated carbocycles. The SMILES string of the molecule is O=C(Nc1cnn(-c2ccc(Cl)cc2)c1)[C@H](Cc1ccccc1)n1cnc(-c2cc(Cl)ccc2N2C=C(Cl)NN2)cc1=O.